The minimum atomic E-state index is 0.466. The summed E-state index contributed by atoms with van der Waals surface area (Å²) in [7, 11) is 2.21. The minimum Gasteiger partial charge on any atom is -0.300 e. The minimum absolute atomic E-state index is 0.466. The van der Waals surface area contributed by atoms with Crippen LogP contribution in [0.5, 0.6) is 0 Å². The molecule has 0 amide bonds. The summed E-state index contributed by atoms with van der Waals surface area (Å²) < 4.78 is 0. The molecule has 0 bridgehead atoms. The van der Waals surface area contributed by atoms with Crippen LogP contribution in [0, 0.1) is 11.8 Å². The number of nitrogens with zero attached hydrogens (tertiary/aromatic N) is 1. The molecule has 0 aromatic heterocycles. The van der Waals surface area contributed by atoms with E-state index in [0.717, 1.165) is 25.2 Å². The Labute approximate surface area is 93.0 Å². The van der Waals surface area contributed by atoms with Crippen molar-refractivity contribution in [3.05, 3.63) is 0 Å². The van der Waals surface area contributed by atoms with Crippen molar-refractivity contribution in [2.45, 2.75) is 58.0 Å². The second kappa shape index (κ2) is 4.25. The number of carbonyl (C=O) groups is 1. The lowest BCUT2D eigenvalue weighted by atomic mass is 9.83. The SMILES string of the molecule is CC1CCC(=O)CC1N(C)C(C)C1CC1. The predicted molar refractivity (Wildman–Crippen MR) is 61.8 cm³/mol. The molecule has 3 atom stereocenters. The Morgan fingerprint density at radius 3 is 2.60 bits per heavy atom. The highest BCUT2D eigenvalue weighted by atomic mass is 16.1. The smallest absolute Gasteiger partial charge is 0.134 e. The number of rotatable bonds is 3. The molecule has 0 aliphatic heterocycles. The van der Waals surface area contributed by atoms with Crippen LogP contribution >= 0.6 is 0 Å². The van der Waals surface area contributed by atoms with Crippen LogP contribution < -0.4 is 0 Å². The van der Waals surface area contributed by atoms with Gasteiger partial charge in [0.05, 0.1) is 0 Å². The molecule has 2 fully saturated rings. The number of hydrogen-bond donors (Lipinski definition) is 0. The van der Waals surface area contributed by atoms with E-state index in [1.54, 1.807) is 0 Å². The molecule has 2 aliphatic carbocycles. The van der Waals surface area contributed by atoms with Gasteiger partial charge in [0.25, 0.3) is 0 Å². The van der Waals surface area contributed by atoms with Gasteiger partial charge in [0, 0.05) is 24.9 Å². The third kappa shape index (κ3) is 2.41. The lowest BCUT2D eigenvalue weighted by molar-refractivity contribution is -0.123. The van der Waals surface area contributed by atoms with Gasteiger partial charge in [-0.2, -0.15) is 0 Å². The molecule has 2 nitrogen and oxygen atoms in total. The Balaban J connectivity index is 1.97. The van der Waals surface area contributed by atoms with Gasteiger partial charge in [0.1, 0.15) is 5.78 Å². The molecule has 2 aliphatic rings. The average molecular weight is 209 g/mol. The van der Waals surface area contributed by atoms with E-state index in [4.69, 9.17) is 0 Å². The van der Waals surface area contributed by atoms with Crippen molar-refractivity contribution >= 4 is 5.78 Å². The van der Waals surface area contributed by atoms with E-state index in [1.165, 1.54) is 12.8 Å². The Kier molecular flexibility index (Phi) is 3.15. The summed E-state index contributed by atoms with van der Waals surface area (Å²) >= 11 is 0. The molecule has 2 saturated carbocycles. The number of ketones is 1. The predicted octanol–water partition coefficient (Wildman–Crippen LogP) is 2.47. The van der Waals surface area contributed by atoms with E-state index in [1.807, 2.05) is 0 Å². The van der Waals surface area contributed by atoms with Crippen LogP contribution in [-0.2, 0) is 4.79 Å². The van der Waals surface area contributed by atoms with Gasteiger partial charge in [0.2, 0.25) is 0 Å². The molecule has 0 aromatic rings. The van der Waals surface area contributed by atoms with Gasteiger partial charge >= 0.3 is 0 Å². The number of hydrogen-bond acceptors (Lipinski definition) is 2. The summed E-state index contributed by atoms with van der Waals surface area (Å²) in [5.41, 5.74) is 0. The maximum absolute atomic E-state index is 11.5. The van der Waals surface area contributed by atoms with Crippen molar-refractivity contribution in [3.8, 4) is 0 Å². The summed E-state index contributed by atoms with van der Waals surface area (Å²) in [6, 6.07) is 1.17. The molecule has 0 radical (unpaired) electrons. The summed E-state index contributed by atoms with van der Waals surface area (Å²) in [6.45, 7) is 4.62. The van der Waals surface area contributed by atoms with Crippen LogP contribution in [0.25, 0.3) is 0 Å². The first-order valence-corrected chi connectivity index (χ1v) is 6.33. The van der Waals surface area contributed by atoms with Crippen molar-refractivity contribution in [1.82, 2.24) is 4.90 Å². The van der Waals surface area contributed by atoms with E-state index in [2.05, 4.69) is 25.8 Å². The maximum atomic E-state index is 11.5. The van der Waals surface area contributed by atoms with E-state index >= 15 is 0 Å². The lowest BCUT2D eigenvalue weighted by Crippen LogP contribution is -2.46. The molecule has 2 rings (SSSR count). The van der Waals surface area contributed by atoms with Crippen LogP contribution in [0.3, 0.4) is 0 Å². The second-order valence-corrected chi connectivity index (χ2v) is 5.57. The van der Waals surface area contributed by atoms with E-state index < -0.39 is 0 Å². The lowest BCUT2D eigenvalue weighted by Gasteiger charge is -2.39. The fourth-order valence-electron chi connectivity index (χ4n) is 2.88. The highest BCUT2D eigenvalue weighted by Gasteiger charge is 2.36. The fraction of sp³-hybridized carbons (Fsp3) is 0.923. The van der Waals surface area contributed by atoms with Crippen LogP contribution in [0.4, 0.5) is 0 Å². The summed E-state index contributed by atoms with van der Waals surface area (Å²) in [5, 5.41) is 0. The molecule has 0 spiro atoms. The first-order chi connectivity index (χ1) is 7.09. The molecule has 3 unspecified atom stereocenters. The normalized spacial score (nSPS) is 34.5. The van der Waals surface area contributed by atoms with Gasteiger partial charge in [-0.1, -0.05) is 6.92 Å². The van der Waals surface area contributed by atoms with E-state index in [-0.39, 0.29) is 0 Å². The standard InChI is InChI=1S/C13H23NO/c1-9-4-7-12(15)8-13(9)14(3)10(2)11-5-6-11/h9-11,13H,4-8H2,1-3H3. The van der Waals surface area contributed by atoms with Crippen LogP contribution in [0.1, 0.15) is 46.0 Å². The van der Waals surface area contributed by atoms with Crippen molar-refractivity contribution in [2.24, 2.45) is 11.8 Å². The zero-order valence-electron chi connectivity index (χ0n) is 10.2. The zero-order chi connectivity index (χ0) is 11.0. The first-order valence-electron chi connectivity index (χ1n) is 6.33. The van der Waals surface area contributed by atoms with Crippen molar-refractivity contribution in [3.63, 3.8) is 0 Å². The number of Topliss-reactive ketones (excluding diaryl/α,β-unsaturated/α-hetero) is 1. The summed E-state index contributed by atoms with van der Waals surface area (Å²) in [6.07, 6.45) is 5.46. The monoisotopic (exact) mass is 209 g/mol. The van der Waals surface area contributed by atoms with Crippen LogP contribution in [-0.4, -0.2) is 29.8 Å². The molecule has 2 heteroatoms. The quantitative estimate of drug-likeness (QED) is 0.711. The zero-order valence-corrected chi connectivity index (χ0v) is 10.2. The Bertz CT molecular complexity index is 247. The van der Waals surface area contributed by atoms with Crippen LogP contribution in [0.2, 0.25) is 0 Å². The molecular formula is C13H23NO. The summed E-state index contributed by atoms with van der Waals surface area (Å²) in [5.74, 6) is 2.06. The van der Waals surface area contributed by atoms with Gasteiger partial charge in [-0.05, 0) is 45.1 Å². The Morgan fingerprint density at radius 2 is 2.00 bits per heavy atom. The first kappa shape index (κ1) is 11.1. The topological polar surface area (TPSA) is 20.3 Å². The second-order valence-electron chi connectivity index (χ2n) is 5.57. The molecule has 0 N–H and O–H groups in total. The van der Waals surface area contributed by atoms with Crippen molar-refractivity contribution in [1.29, 1.82) is 0 Å². The van der Waals surface area contributed by atoms with Gasteiger partial charge in [-0.3, -0.25) is 9.69 Å². The number of carbonyl (C=O) groups excluding carboxylic acids is 1. The Hall–Kier alpha value is -0.370. The third-order valence-electron chi connectivity index (χ3n) is 4.44. The molecule has 15 heavy (non-hydrogen) atoms. The van der Waals surface area contributed by atoms with Crippen molar-refractivity contribution < 1.29 is 4.79 Å². The van der Waals surface area contributed by atoms with Gasteiger partial charge in [-0.15, -0.1) is 0 Å². The van der Waals surface area contributed by atoms with Crippen LogP contribution in [0.15, 0.2) is 0 Å². The van der Waals surface area contributed by atoms with E-state index in [0.29, 0.717) is 23.8 Å². The third-order valence-corrected chi connectivity index (χ3v) is 4.44. The summed E-state index contributed by atoms with van der Waals surface area (Å²) in [4.78, 5) is 14.0. The fourth-order valence-corrected chi connectivity index (χ4v) is 2.88. The maximum Gasteiger partial charge on any atom is 0.134 e. The molecule has 0 aromatic carbocycles. The highest BCUT2D eigenvalue weighted by molar-refractivity contribution is 5.79. The van der Waals surface area contributed by atoms with Gasteiger partial charge in [-0.25, -0.2) is 0 Å². The van der Waals surface area contributed by atoms with Crippen molar-refractivity contribution in [2.75, 3.05) is 7.05 Å². The average Bonchev–Trinajstić information content (AvgIpc) is 3.03. The van der Waals surface area contributed by atoms with Gasteiger partial charge in [0.15, 0.2) is 0 Å². The molecule has 0 heterocycles. The Morgan fingerprint density at radius 1 is 1.33 bits per heavy atom. The van der Waals surface area contributed by atoms with E-state index in [9.17, 15) is 4.79 Å². The molecule has 0 saturated heterocycles. The molecular weight excluding hydrogens is 186 g/mol. The highest BCUT2D eigenvalue weighted by Crippen LogP contribution is 2.37. The molecule has 86 valence electrons. The van der Waals surface area contributed by atoms with Gasteiger partial charge < -0.3 is 0 Å². The largest absolute Gasteiger partial charge is 0.300 e.